The molecule has 22 heavy (non-hydrogen) atoms. The molecule has 0 unspecified atom stereocenters. The van der Waals surface area contributed by atoms with E-state index in [2.05, 4.69) is 5.32 Å². The van der Waals surface area contributed by atoms with Crippen LogP contribution in [0.2, 0.25) is 0 Å². The highest BCUT2D eigenvalue weighted by molar-refractivity contribution is 7.85. The largest absolute Gasteiger partial charge is 0.352 e. The topological polar surface area (TPSA) is 66.5 Å². The molecule has 2 rings (SSSR count). The van der Waals surface area contributed by atoms with Gasteiger partial charge in [0.05, 0.1) is 10.8 Å². The molecular weight excluding hydrogens is 300 g/mol. The number of nitrogens with one attached hydrogen (secondary N) is 1. The minimum Gasteiger partial charge on any atom is -0.352 e. The Labute approximate surface area is 133 Å². The van der Waals surface area contributed by atoms with Gasteiger partial charge < -0.3 is 10.2 Å². The molecule has 1 fully saturated rings. The Morgan fingerprint density at radius 1 is 1.41 bits per heavy atom. The number of benzene rings is 1. The van der Waals surface area contributed by atoms with E-state index in [1.54, 1.807) is 11.0 Å². The molecule has 120 valence electrons. The summed E-state index contributed by atoms with van der Waals surface area (Å²) < 4.78 is 12.3. The van der Waals surface area contributed by atoms with Crippen molar-refractivity contribution in [2.75, 3.05) is 18.8 Å². The molecule has 2 atom stereocenters. The molecule has 2 amide bonds. The summed E-state index contributed by atoms with van der Waals surface area (Å²) in [5.74, 6) is -0.200. The monoisotopic (exact) mass is 322 g/mol. The van der Waals surface area contributed by atoms with Gasteiger partial charge in [0.15, 0.2) is 0 Å². The second-order valence-corrected chi connectivity index (χ2v) is 7.14. The molecule has 0 saturated carbocycles. The molecule has 0 spiro atoms. The van der Waals surface area contributed by atoms with Gasteiger partial charge in [0, 0.05) is 31.0 Å². The van der Waals surface area contributed by atoms with Gasteiger partial charge in [0.25, 0.3) is 0 Å². The fourth-order valence-electron chi connectivity index (χ4n) is 2.65. The van der Waals surface area contributed by atoms with Crippen LogP contribution in [0.1, 0.15) is 25.3 Å². The lowest BCUT2D eigenvalue weighted by Gasteiger charge is -2.33. The van der Waals surface area contributed by atoms with Crippen LogP contribution < -0.4 is 5.32 Å². The van der Waals surface area contributed by atoms with Crippen LogP contribution in [-0.4, -0.2) is 45.8 Å². The van der Waals surface area contributed by atoms with E-state index in [0.717, 1.165) is 18.4 Å². The van der Waals surface area contributed by atoms with Gasteiger partial charge in [-0.2, -0.15) is 0 Å². The first-order valence-corrected chi connectivity index (χ1v) is 8.77. The number of piperidine rings is 1. The van der Waals surface area contributed by atoms with Gasteiger partial charge in [-0.3, -0.25) is 13.8 Å². The molecule has 1 aliphatic rings. The maximum Gasteiger partial charge on any atom is 0.235 e. The maximum absolute atomic E-state index is 12.3. The molecule has 0 aromatic heterocycles. The van der Waals surface area contributed by atoms with E-state index in [1.807, 2.05) is 25.1 Å². The standard InChI is InChI=1S/C16H22N2O3S/c1-12-5-3-7-15(9-12)22(21)11-16(20)18-8-4-6-14(10-18)17-13(2)19/h3,5,7,9,14H,4,6,8,10-11H2,1-2H3,(H,17,19)/t14-,22+/m1/s1. The van der Waals surface area contributed by atoms with Gasteiger partial charge in [-0.05, 0) is 37.5 Å². The van der Waals surface area contributed by atoms with Crippen molar-refractivity contribution in [3.63, 3.8) is 0 Å². The molecule has 1 aromatic carbocycles. The number of carbonyl (C=O) groups excluding carboxylic acids is 2. The number of rotatable bonds is 4. The summed E-state index contributed by atoms with van der Waals surface area (Å²) in [5.41, 5.74) is 1.03. The molecule has 1 aliphatic heterocycles. The zero-order valence-electron chi connectivity index (χ0n) is 13.0. The third kappa shape index (κ3) is 4.66. The van der Waals surface area contributed by atoms with Crippen LogP contribution in [0.5, 0.6) is 0 Å². The summed E-state index contributed by atoms with van der Waals surface area (Å²) in [6, 6.07) is 7.42. The Bertz CT molecular complexity index is 589. The summed E-state index contributed by atoms with van der Waals surface area (Å²) in [5, 5.41) is 2.85. The molecule has 6 heteroatoms. The summed E-state index contributed by atoms with van der Waals surface area (Å²) in [4.78, 5) is 25.8. The van der Waals surface area contributed by atoms with Crippen LogP contribution in [0.25, 0.3) is 0 Å². The lowest BCUT2D eigenvalue weighted by atomic mass is 10.1. The Hall–Kier alpha value is -1.69. The van der Waals surface area contributed by atoms with Gasteiger partial charge in [-0.25, -0.2) is 0 Å². The highest BCUT2D eigenvalue weighted by atomic mass is 32.2. The average Bonchev–Trinajstić information content (AvgIpc) is 2.46. The van der Waals surface area contributed by atoms with E-state index in [9.17, 15) is 13.8 Å². The number of aryl methyl sites for hydroxylation is 1. The summed E-state index contributed by atoms with van der Waals surface area (Å²) in [6.07, 6.45) is 1.73. The van der Waals surface area contributed by atoms with E-state index in [4.69, 9.17) is 0 Å². The Morgan fingerprint density at radius 2 is 2.18 bits per heavy atom. The predicted octanol–water partition coefficient (Wildman–Crippen LogP) is 1.23. The molecule has 5 nitrogen and oxygen atoms in total. The summed E-state index contributed by atoms with van der Waals surface area (Å²) in [7, 11) is -1.33. The van der Waals surface area contributed by atoms with Crippen molar-refractivity contribution in [2.45, 2.75) is 37.6 Å². The van der Waals surface area contributed by atoms with Crippen LogP contribution in [0.3, 0.4) is 0 Å². The molecule has 0 aliphatic carbocycles. The Kier molecular flexibility index (Phi) is 5.71. The van der Waals surface area contributed by atoms with Crippen molar-refractivity contribution < 1.29 is 13.8 Å². The summed E-state index contributed by atoms with van der Waals surface area (Å²) >= 11 is 0. The molecule has 1 saturated heterocycles. The van der Waals surface area contributed by atoms with Crippen molar-refractivity contribution in [2.24, 2.45) is 0 Å². The maximum atomic E-state index is 12.3. The Balaban J connectivity index is 1.93. The van der Waals surface area contributed by atoms with Crippen LogP contribution in [0.15, 0.2) is 29.2 Å². The van der Waals surface area contributed by atoms with Gasteiger partial charge in [-0.15, -0.1) is 0 Å². The van der Waals surface area contributed by atoms with Gasteiger partial charge in [0.1, 0.15) is 5.75 Å². The van der Waals surface area contributed by atoms with E-state index < -0.39 is 10.8 Å². The van der Waals surface area contributed by atoms with Crippen LogP contribution >= 0.6 is 0 Å². The van der Waals surface area contributed by atoms with E-state index >= 15 is 0 Å². The lowest BCUT2D eigenvalue weighted by molar-refractivity contribution is -0.130. The second-order valence-electron chi connectivity index (χ2n) is 5.69. The van der Waals surface area contributed by atoms with E-state index in [1.165, 1.54) is 6.92 Å². The fraction of sp³-hybridized carbons (Fsp3) is 0.500. The number of amides is 2. The average molecular weight is 322 g/mol. The summed E-state index contributed by atoms with van der Waals surface area (Å²) in [6.45, 7) is 4.59. The molecule has 1 heterocycles. The zero-order valence-corrected chi connectivity index (χ0v) is 13.8. The van der Waals surface area contributed by atoms with Crippen molar-refractivity contribution in [1.29, 1.82) is 0 Å². The highest BCUT2D eigenvalue weighted by Crippen LogP contribution is 2.13. The minimum atomic E-state index is -1.33. The number of likely N-dealkylation sites (tertiary alicyclic amines) is 1. The SMILES string of the molecule is CC(=O)N[C@@H]1CCCN(C(=O)C[S@](=O)c2cccc(C)c2)C1. The predicted molar refractivity (Wildman–Crippen MR) is 85.9 cm³/mol. The fourth-order valence-corrected chi connectivity index (χ4v) is 3.77. The minimum absolute atomic E-state index is 0.00241. The van der Waals surface area contributed by atoms with Gasteiger partial charge >= 0.3 is 0 Å². The normalized spacial score (nSPS) is 19.5. The van der Waals surface area contributed by atoms with Crippen molar-refractivity contribution >= 4 is 22.6 Å². The number of hydrogen-bond donors (Lipinski definition) is 1. The van der Waals surface area contributed by atoms with Gasteiger partial charge in [-0.1, -0.05) is 12.1 Å². The number of nitrogens with zero attached hydrogens (tertiary/aromatic N) is 1. The molecular formula is C16H22N2O3S. The number of hydrogen-bond acceptors (Lipinski definition) is 3. The third-order valence-electron chi connectivity index (χ3n) is 3.69. The quantitative estimate of drug-likeness (QED) is 0.907. The van der Waals surface area contributed by atoms with Crippen LogP contribution in [0, 0.1) is 6.92 Å². The van der Waals surface area contributed by atoms with E-state index in [-0.39, 0.29) is 23.6 Å². The second kappa shape index (κ2) is 7.54. The molecule has 0 bridgehead atoms. The molecule has 0 radical (unpaired) electrons. The van der Waals surface area contributed by atoms with Crippen molar-refractivity contribution in [3.05, 3.63) is 29.8 Å². The molecule has 1 aromatic rings. The third-order valence-corrected chi connectivity index (χ3v) is 4.98. The van der Waals surface area contributed by atoms with Crippen molar-refractivity contribution in [1.82, 2.24) is 10.2 Å². The highest BCUT2D eigenvalue weighted by Gasteiger charge is 2.25. The van der Waals surface area contributed by atoms with Gasteiger partial charge in [0.2, 0.25) is 11.8 Å². The zero-order chi connectivity index (χ0) is 16.1. The number of carbonyl (C=O) groups is 2. The Morgan fingerprint density at radius 3 is 2.86 bits per heavy atom. The first kappa shape index (κ1) is 16.7. The lowest BCUT2D eigenvalue weighted by Crippen LogP contribution is -2.50. The van der Waals surface area contributed by atoms with Crippen LogP contribution in [-0.2, 0) is 20.4 Å². The first-order valence-electron chi connectivity index (χ1n) is 7.45. The first-order chi connectivity index (χ1) is 10.5. The van der Waals surface area contributed by atoms with Crippen LogP contribution in [0.4, 0.5) is 0 Å². The molecule has 1 N–H and O–H groups in total. The van der Waals surface area contributed by atoms with E-state index in [0.29, 0.717) is 18.0 Å². The smallest absolute Gasteiger partial charge is 0.235 e. The van der Waals surface area contributed by atoms with Crippen molar-refractivity contribution in [3.8, 4) is 0 Å².